The number of nitrogens with zero attached hydrogens (tertiary/aromatic N) is 3. The van der Waals surface area contributed by atoms with E-state index in [-0.39, 0.29) is 10.8 Å². The molecule has 0 unspecified atom stereocenters. The maximum atomic E-state index is 12.7. The molecule has 2 aromatic heterocycles. The molecule has 2 heterocycles. The lowest BCUT2D eigenvalue weighted by molar-refractivity contribution is 0.584. The predicted molar refractivity (Wildman–Crippen MR) is 105 cm³/mol. The molecule has 0 spiro atoms. The van der Waals surface area contributed by atoms with Crippen molar-refractivity contribution < 1.29 is 12.8 Å². The van der Waals surface area contributed by atoms with Crippen molar-refractivity contribution in [2.24, 2.45) is 0 Å². The number of hydrogen-bond donors (Lipinski definition) is 1. The maximum Gasteiger partial charge on any atom is 0.261 e. The number of rotatable bonds is 5. The van der Waals surface area contributed by atoms with E-state index in [0.29, 0.717) is 17.1 Å². The topological polar surface area (TPSA) is 98.0 Å². The van der Waals surface area contributed by atoms with Crippen LogP contribution in [0, 0.1) is 6.92 Å². The van der Waals surface area contributed by atoms with E-state index >= 15 is 0 Å². The highest BCUT2D eigenvalue weighted by Crippen LogP contribution is 2.30. The van der Waals surface area contributed by atoms with Crippen molar-refractivity contribution in [1.29, 1.82) is 0 Å². The van der Waals surface area contributed by atoms with Crippen molar-refractivity contribution in [3.63, 3.8) is 0 Å². The van der Waals surface area contributed by atoms with Crippen LogP contribution < -0.4 is 4.72 Å². The van der Waals surface area contributed by atoms with Gasteiger partial charge in [0.15, 0.2) is 0 Å². The fourth-order valence-corrected chi connectivity index (χ4v) is 3.70. The molecule has 0 atom stereocenters. The number of aryl methyl sites for hydroxylation is 1. The van der Waals surface area contributed by atoms with Crippen LogP contribution >= 0.6 is 0 Å². The van der Waals surface area contributed by atoms with Gasteiger partial charge in [0, 0.05) is 18.0 Å². The average Bonchev–Trinajstić information content (AvgIpc) is 3.19. The minimum Gasteiger partial charge on any atom is -0.416 e. The van der Waals surface area contributed by atoms with Crippen molar-refractivity contribution in [1.82, 2.24) is 15.2 Å². The summed E-state index contributed by atoms with van der Waals surface area (Å²) in [5.41, 5.74) is 2.55. The van der Waals surface area contributed by atoms with Gasteiger partial charge in [0.2, 0.25) is 11.8 Å². The molecule has 0 fully saturated rings. The van der Waals surface area contributed by atoms with Gasteiger partial charge in [0.25, 0.3) is 10.0 Å². The van der Waals surface area contributed by atoms with Gasteiger partial charge in [0.05, 0.1) is 16.1 Å². The summed E-state index contributed by atoms with van der Waals surface area (Å²) in [7, 11) is -3.75. The van der Waals surface area contributed by atoms with Gasteiger partial charge in [-0.15, -0.1) is 10.2 Å². The maximum absolute atomic E-state index is 12.7. The second-order valence-electron chi connectivity index (χ2n) is 6.11. The molecule has 0 saturated heterocycles. The smallest absolute Gasteiger partial charge is 0.261 e. The Morgan fingerprint density at radius 1 is 0.857 bits per heavy atom. The number of sulfonamides is 1. The molecular weight excluding hydrogens is 376 g/mol. The van der Waals surface area contributed by atoms with Crippen LogP contribution in [0.2, 0.25) is 0 Å². The van der Waals surface area contributed by atoms with Crippen LogP contribution in [0.25, 0.3) is 22.9 Å². The summed E-state index contributed by atoms with van der Waals surface area (Å²) >= 11 is 0. The first-order valence-corrected chi connectivity index (χ1v) is 9.94. The molecule has 0 aliphatic rings. The van der Waals surface area contributed by atoms with E-state index in [2.05, 4.69) is 19.9 Å². The highest BCUT2D eigenvalue weighted by atomic mass is 32.2. The van der Waals surface area contributed by atoms with Crippen LogP contribution in [-0.2, 0) is 10.0 Å². The Labute approximate surface area is 162 Å². The predicted octanol–water partition coefficient (Wildman–Crippen LogP) is 3.91. The average molecular weight is 392 g/mol. The Kier molecular flexibility index (Phi) is 4.62. The molecule has 7 nitrogen and oxygen atoms in total. The molecule has 28 heavy (non-hydrogen) atoms. The van der Waals surface area contributed by atoms with E-state index in [9.17, 15) is 8.42 Å². The molecule has 0 bridgehead atoms. The zero-order chi connectivity index (χ0) is 19.6. The van der Waals surface area contributed by atoms with Crippen LogP contribution in [0.15, 0.2) is 82.4 Å². The van der Waals surface area contributed by atoms with E-state index in [1.807, 2.05) is 6.92 Å². The van der Waals surface area contributed by atoms with Crippen molar-refractivity contribution >= 4 is 15.7 Å². The Bertz CT molecular complexity index is 1200. The number of pyridine rings is 1. The first kappa shape index (κ1) is 17.9. The summed E-state index contributed by atoms with van der Waals surface area (Å²) in [6, 6.07) is 17.0. The molecule has 140 valence electrons. The Morgan fingerprint density at radius 3 is 2.29 bits per heavy atom. The Hall–Kier alpha value is -3.52. The van der Waals surface area contributed by atoms with Gasteiger partial charge in [-0.05, 0) is 43.3 Å². The zero-order valence-corrected chi connectivity index (χ0v) is 15.7. The molecule has 1 N–H and O–H groups in total. The molecule has 4 aromatic rings. The van der Waals surface area contributed by atoms with Crippen LogP contribution in [0.5, 0.6) is 0 Å². The van der Waals surface area contributed by atoms with Gasteiger partial charge in [-0.3, -0.25) is 9.71 Å². The number of hydrogen-bond acceptors (Lipinski definition) is 6. The van der Waals surface area contributed by atoms with Crippen LogP contribution in [0.1, 0.15) is 5.56 Å². The fourth-order valence-electron chi connectivity index (χ4n) is 2.62. The number of nitrogens with one attached hydrogen (secondary N) is 1. The fraction of sp³-hybridized carbons (Fsp3) is 0.0500. The summed E-state index contributed by atoms with van der Waals surface area (Å²) in [4.78, 5) is 4.13. The highest BCUT2D eigenvalue weighted by Gasteiger charge is 2.19. The molecule has 0 amide bonds. The van der Waals surface area contributed by atoms with Gasteiger partial charge in [-0.1, -0.05) is 29.8 Å². The lowest BCUT2D eigenvalue weighted by Gasteiger charge is -2.11. The summed E-state index contributed by atoms with van der Waals surface area (Å²) in [5.74, 6) is 0.544. The summed E-state index contributed by atoms with van der Waals surface area (Å²) in [6.45, 7) is 1.90. The Morgan fingerprint density at radius 2 is 1.54 bits per heavy atom. The normalized spacial score (nSPS) is 11.3. The summed E-state index contributed by atoms with van der Waals surface area (Å²) < 4.78 is 33.8. The molecular formula is C20H16N4O3S. The molecule has 0 saturated carbocycles. The molecule has 0 radical (unpaired) electrons. The number of para-hydroxylation sites is 1. The van der Waals surface area contributed by atoms with E-state index in [0.717, 1.165) is 11.1 Å². The van der Waals surface area contributed by atoms with E-state index in [1.165, 1.54) is 0 Å². The first-order valence-electron chi connectivity index (χ1n) is 8.46. The third-order valence-electron chi connectivity index (χ3n) is 4.09. The summed E-state index contributed by atoms with van der Waals surface area (Å²) in [5, 5.41) is 8.11. The van der Waals surface area contributed by atoms with E-state index < -0.39 is 10.0 Å². The minimum atomic E-state index is -3.75. The second-order valence-corrected chi connectivity index (χ2v) is 7.79. The van der Waals surface area contributed by atoms with Crippen molar-refractivity contribution in [3.8, 4) is 22.9 Å². The largest absolute Gasteiger partial charge is 0.416 e. The third-order valence-corrected chi connectivity index (χ3v) is 5.47. The van der Waals surface area contributed by atoms with Gasteiger partial charge in [-0.2, -0.15) is 0 Å². The van der Waals surface area contributed by atoms with Crippen LogP contribution in [0.3, 0.4) is 0 Å². The first-order chi connectivity index (χ1) is 13.5. The van der Waals surface area contributed by atoms with Gasteiger partial charge >= 0.3 is 0 Å². The monoisotopic (exact) mass is 392 g/mol. The van der Waals surface area contributed by atoms with Crippen molar-refractivity contribution in [2.75, 3.05) is 4.72 Å². The summed E-state index contributed by atoms with van der Waals surface area (Å²) in [6.07, 6.45) is 3.26. The quantitative estimate of drug-likeness (QED) is 0.553. The van der Waals surface area contributed by atoms with Gasteiger partial charge in [-0.25, -0.2) is 8.42 Å². The van der Waals surface area contributed by atoms with E-state index in [4.69, 9.17) is 4.42 Å². The lowest BCUT2D eigenvalue weighted by Crippen LogP contribution is -2.13. The molecule has 8 heteroatoms. The van der Waals surface area contributed by atoms with Crippen LogP contribution in [0.4, 0.5) is 5.69 Å². The van der Waals surface area contributed by atoms with Gasteiger partial charge in [0.1, 0.15) is 0 Å². The highest BCUT2D eigenvalue weighted by molar-refractivity contribution is 7.92. The minimum absolute atomic E-state index is 0.177. The van der Waals surface area contributed by atoms with E-state index in [1.54, 1.807) is 73.1 Å². The SMILES string of the molecule is Cc1ccc(S(=O)(=O)Nc2ccccc2-c2nnc(-c3ccncc3)o2)cc1. The second kappa shape index (κ2) is 7.24. The van der Waals surface area contributed by atoms with Crippen molar-refractivity contribution in [2.45, 2.75) is 11.8 Å². The number of anilines is 1. The van der Waals surface area contributed by atoms with Crippen LogP contribution in [-0.4, -0.2) is 23.6 Å². The molecule has 2 aromatic carbocycles. The zero-order valence-electron chi connectivity index (χ0n) is 14.9. The Balaban J connectivity index is 1.68. The molecule has 0 aliphatic heterocycles. The molecule has 4 rings (SSSR count). The van der Waals surface area contributed by atoms with Gasteiger partial charge < -0.3 is 4.42 Å². The number of benzene rings is 2. The standard InChI is InChI=1S/C20H16N4O3S/c1-14-6-8-16(9-7-14)28(25,26)24-18-5-3-2-4-17(18)20-23-22-19(27-20)15-10-12-21-13-11-15/h2-13,24H,1H3. The number of aromatic nitrogens is 3. The van der Waals surface area contributed by atoms with Crippen molar-refractivity contribution in [3.05, 3.63) is 78.6 Å². The third kappa shape index (κ3) is 3.63. The molecule has 0 aliphatic carbocycles. The lowest BCUT2D eigenvalue weighted by atomic mass is 10.2.